The molecule has 1 aliphatic carbocycles. The average Bonchev–Trinajstić information content (AvgIpc) is 2.94. The van der Waals surface area contributed by atoms with Gasteiger partial charge in [0.25, 0.3) is 5.91 Å². The van der Waals surface area contributed by atoms with Crippen LogP contribution in [0.4, 0.5) is 5.82 Å². The third kappa shape index (κ3) is 5.11. The van der Waals surface area contributed by atoms with Crippen molar-refractivity contribution in [3.63, 3.8) is 0 Å². The highest BCUT2D eigenvalue weighted by atomic mass is 16.5. The fourth-order valence-electron chi connectivity index (χ4n) is 5.75. The second-order valence-electron chi connectivity index (χ2n) is 10.6. The Morgan fingerprint density at radius 2 is 1.82 bits per heavy atom. The van der Waals surface area contributed by atoms with Gasteiger partial charge in [0.1, 0.15) is 17.3 Å². The molecule has 2 aromatic carbocycles. The van der Waals surface area contributed by atoms with Crippen molar-refractivity contribution in [2.75, 3.05) is 32.1 Å². The Kier molecular flexibility index (Phi) is 7.00. The van der Waals surface area contributed by atoms with E-state index in [9.17, 15) is 9.90 Å². The summed E-state index contributed by atoms with van der Waals surface area (Å²) >= 11 is 0. The molecule has 3 heterocycles. The van der Waals surface area contributed by atoms with Crippen molar-refractivity contribution >= 4 is 11.7 Å². The number of ether oxygens (including phenoxy) is 1. The normalized spacial score (nSPS) is 21.9. The fraction of sp³-hybridized carbons (Fsp3) is 0.433. The first-order chi connectivity index (χ1) is 18.6. The van der Waals surface area contributed by atoms with E-state index in [1.165, 1.54) is 17.5 Å². The van der Waals surface area contributed by atoms with Gasteiger partial charge in [-0.3, -0.25) is 9.69 Å². The standard InChI is InChI=1S/C30H35N5O3/c1-38-24-11-9-21(10-12-24)29-32-25(17-28(33-29)31-23-7-4-8-23)30(37)35-16-14-26(27(36)19-35)34-15-13-20-5-2-3-6-22(20)18-34/h2-3,5-6,9-12,17,23,26-27,36H,4,7-8,13-16,18-19H2,1H3,(H,31,32,33)/t26-,27-/m1/s1. The number of aliphatic hydroxyl groups excluding tert-OH is 1. The molecule has 3 aliphatic rings. The van der Waals surface area contributed by atoms with Gasteiger partial charge in [0.05, 0.1) is 13.2 Å². The summed E-state index contributed by atoms with van der Waals surface area (Å²) in [6.45, 7) is 2.67. The largest absolute Gasteiger partial charge is 0.497 e. The van der Waals surface area contributed by atoms with E-state index in [-0.39, 0.29) is 11.9 Å². The fourth-order valence-corrected chi connectivity index (χ4v) is 5.75. The number of likely N-dealkylation sites (tertiary alicyclic amines) is 1. The Labute approximate surface area is 223 Å². The highest BCUT2D eigenvalue weighted by Gasteiger charge is 2.36. The van der Waals surface area contributed by atoms with Crippen molar-refractivity contribution in [2.24, 2.45) is 0 Å². The Bertz CT molecular complexity index is 1290. The number of carbonyl (C=O) groups excluding carboxylic acids is 1. The van der Waals surface area contributed by atoms with Gasteiger partial charge in [-0.1, -0.05) is 24.3 Å². The van der Waals surface area contributed by atoms with Crippen molar-refractivity contribution in [3.8, 4) is 17.1 Å². The van der Waals surface area contributed by atoms with Crippen LogP contribution in [0.3, 0.4) is 0 Å². The number of carbonyl (C=O) groups is 1. The number of benzene rings is 2. The van der Waals surface area contributed by atoms with Crippen LogP contribution in [-0.4, -0.2) is 75.7 Å². The van der Waals surface area contributed by atoms with E-state index >= 15 is 0 Å². The maximum atomic E-state index is 13.7. The Balaban J connectivity index is 1.19. The number of amides is 1. The summed E-state index contributed by atoms with van der Waals surface area (Å²) in [5, 5.41) is 14.6. The third-order valence-corrected chi connectivity index (χ3v) is 8.21. The van der Waals surface area contributed by atoms with Crippen molar-refractivity contribution in [3.05, 3.63) is 71.4 Å². The summed E-state index contributed by atoms with van der Waals surface area (Å²) < 4.78 is 5.28. The number of hydrogen-bond acceptors (Lipinski definition) is 7. The molecule has 2 atom stereocenters. The smallest absolute Gasteiger partial charge is 0.272 e. The molecule has 0 radical (unpaired) electrons. The molecule has 2 aliphatic heterocycles. The molecular formula is C30H35N5O3. The van der Waals surface area contributed by atoms with Crippen LogP contribution in [0.15, 0.2) is 54.6 Å². The summed E-state index contributed by atoms with van der Waals surface area (Å²) in [7, 11) is 1.63. The topological polar surface area (TPSA) is 90.8 Å². The average molecular weight is 514 g/mol. The third-order valence-electron chi connectivity index (χ3n) is 8.21. The van der Waals surface area contributed by atoms with E-state index in [0.29, 0.717) is 36.5 Å². The number of β-amino-alcohol motifs (C(OH)–C–C–N with tert-alkyl or cyclic N) is 1. The second kappa shape index (κ2) is 10.7. The van der Waals surface area contributed by atoms with E-state index in [2.05, 4.69) is 39.5 Å². The molecule has 38 heavy (non-hydrogen) atoms. The number of aromatic nitrogens is 2. The SMILES string of the molecule is COc1ccc(-c2nc(NC3CCC3)cc(C(=O)N3CC[C@@H](N4CCc5ccccc5C4)[C@H](O)C3)n2)cc1. The number of methoxy groups -OCH3 is 1. The van der Waals surface area contributed by atoms with Crippen molar-refractivity contribution in [1.29, 1.82) is 0 Å². The molecule has 0 spiro atoms. The highest BCUT2D eigenvalue weighted by molar-refractivity contribution is 5.93. The van der Waals surface area contributed by atoms with Crippen LogP contribution in [0, 0.1) is 0 Å². The number of piperidine rings is 1. The first-order valence-corrected chi connectivity index (χ1v) is 13.7. The zero-order chi connectivity index (χ0) is 26.1. The summed E-state index contributed by atoms with van der Waals surface area (Å²) in [4.78, 5) is 27.2. The maximum Gasteiger partial charge on any atom is 0.272 e. The van der Waals surface area contributed by atoms with Crippen molar-refractivity contribution in [2.45, 2.75) is 56.8 Å². The first-order valence-electron chi connectivity index (χ1n) is 13.7. The quantitative estimate of drug-likeness (QED) is 0.519. The van der Waals surface area contributed by atoms with Gasteiger partial charge >= 0.3 is 0 Å². The minimum Gasteiger partial charge on any atom is -0.497 e. The number of anilines is 1. The predicted molar refractivity (Wildman–Crippen MR) is 146 cm³/mol. The molecule has 1 aromatic heterocycles. The van der Waals surface area contributed by atoms with Crippen LogP contribution in [0.2, 0.25) is 0 Å². The molecule has 6 rings (SSSR count). The molecule has 8 heteroatoms. The van der Waals surface area contributed by atoms with Gasteiger partial charge in [-0.2, -0.15) is 0 Å². The number of aliphatic hydroxyl groups is 1. The lowest BCUT2D eigenvalue weighted by Gasteiger charge is -2.43. The van der Waals surface area contributed by atoms with Crippen LogP contribution in [-0.2, 0) is 13.0 Å². The Morgan fingerprint density at radius 1 is 1.03 bits per heavy atom. The minimum atomic E-state index is -0.603. The van der Waals surface area contributed by atoms with E-state index in [4.69, 9.17) is 9.72 Å². The van der Waals surface area contributed by atoms with Gasteiger partial charge in [0.2, 0.25) is 0 Å². The van der Waals surface area contributed by atoms with E-state index in [1.54, 1.807) is 18.1 Å². The van der Waals surface area contributed by atoms with Gasteiger partial charge in [-0.25, -0.2) is 9.97 Å². The van der Waals surface area contributed by atoms with E-state index in [0.717, 1.165) is 50.1 Å². The monoisotopic (exact) mass is 513 g/mol. The zero-order valence-electron chi connectivity index (χ0n) is 21.8. The molecule has 2 fully saturated rings. The molecule has 0 unspecified atom stereocenters. The van der Waals surface area contributed by atoms with Gasteiger partial charge in [-0.15, -0.1) is 0 Å². The molecule has 2 N–H and O–H groups in total. The Morgan fingerprint density at radius 3 is 2.53 bits per heavy atom. The summed E-state index contributed by atoms with van der Waals surface area (Å²) in [6, 6.07) is 18.3. The maximum absolute atomic E-state index is 13.7. The summed E-state index contributed by atoms with van der Waals surface area (Å²) in [5.41, 5.74) is 3.91. The molecule has 0 bridgehead atoms. The lowest BCUT2D eigenvalue weighted by Crippen LogP contribution is -2.56. The van der Waals surface area contributed by atoms with Gasteiger partial charge in [-0.05, 0) is 67.5 Å². The van der Waals surface area contributed by atoms with E-state index in [1.807, 2.05) is 24.3 Å². The summed E-state index contributed by atoms with van der Waals surface area (Å²) in [5.74, 6) is 1.76. The molecule has 198 valence electrons. The number of nitrogens with zero attached hydrogens (tertiary/aromatic N) is 4. The molecule has 8 nitrogen and oxygen atoms in total. The van der Waals surface area contributed by atoms with E-state index < -0.39 is 6.10 Å². The molecule has 1 saturated carbocycles. The van der Waals surface area contributed by atoms with Crippen LogP contribution in [0.25, 0.3) is 11.4 Å². The number of nitrogens with one attached hydrogen (secondary N) is 1. The zero-order valence-corrected chi connectivity index (χ0v) is 21.8. The Hall–Kier alpha value is -3.49. The molecule has 1 amide bonds. The summed E-state index contributed by atoms with van der Waals surface area (Å²) in [6.07, 6.45) is 4.54. The van der Waals surface area contributed by atoms with Gasteiger partial charge in [0.15, 0.2) is 5.82 Å². The lowest BCUT2D eigenvalue weighted by molar-refractivity contribution is -0.0139. The predicted octanol–water partition coefficient (Wildman–Crippen LogP) is 3.75. The van der Waals surface area contributed by atoms with Crippen molar-refractivity contribution in [1.82, 2.24) is 19.8 Å². The first kappa shape index (κ1) is 24.8. The number of hydrogen-bond donors (Lipinski definition) is 2. The molecular weight excluding hydrogens is 478 g/mol. The highest BCUT2D eigenvalue weighted by Crippen LogP contribution is 2.28. The molecule has 3 aromatic rings. The van der Waals surface area contributed by atoms with Crippen molar-refractivity contribution < 1.29 is 14.6 Å². The van der Waals surface area contributed by atoms with Crippen LogP contribution in [0.1, 0.15) is 47.3 Å². The second-order valence-corrected chi connectivity index (χ2v) is 10.6. The van der Waals surface area contributed by atoms with Crippen LogP contribution < -0.4 is 10.1 Å². The minimum absolute atomic E-state index is 0.0449. The number of fused-ring (bicyclic) bond motifs is 1. The van der Waals surface area contributed by atoms with Gasteiger partial charge < -0.3 is 20.1 Å². The molecule has 1 saturated heterocycles. The number of rotatable bonds is 6. The lowest BCUT2D eigenvalue weighted by atomic mass is 9.93. The van der Waals surface area contributed by atoms with Crippen LogP contribution >= 0.6 is 0 Å². The van der Waals surface area contributed by atoms with Crippen LogP contribution in [0.5, 0.6) is 5.75 Å². The van der Waals surface area contributed by atoms with Gasteiger partial charge in [0, 0.05) is 49.9 Å².